The molecule has 0 radical (unpaired) electrons. The number of carboxylic acids is 1. The molecule has 6 heteroatoms. The molecule has 1 aromatic carbocycles. The Morgan fingerprint density at radius 3 is 2.78 bits per heavy atom. The standard InChI is InChI=1S/C17H24N2O4/c18-8-3-1-2-4-10-23-14-5-6-15-13(11-14)7-9-19(17(15)22)12-16(20)21/h5-6,11H,1-4,7-10,12,18H2,(H,20,21). The molecule has 3 N–H and O–H groups in total. The van der Waals surface area contributed by atoms with E-state index < -0.39 is 5.97 Å². The first-order chi connectivity index (χ1) is 11.1. The van der Waals surface area contributed by atoms with Gasteiger partial charge in [0.2, 0.25) is 0 Å². The van der Waals surface area contributed by atoms with Crippen molar-refractivity contribution in [2.24, 2.45) is 5.73 Å². The highest BCUT2D eigenvalue weighted by molar-refractivity contribution is 5.98. The van der Waals surface area contributed by atoms with Crippen LogP contribution in [0.25, 0.3) is 0 Å². The summed E-state index contributed by atoms with van der Waals surface area (Å²) in [5, 5.41) is 8.83. The van der Waals surface area contributed by atoms with Gasteiger partial charge in [0.05, 0.1) is 6.61 Å². The molecule has 1 aromatic rings. The third kappa shape index (κ3) is 4.96. The number of carbonyl (C=O) groups excluding carboxylic acids is 1. The normalized spacial score (nSPS) is 13.8. The number of carboxylic acid groups (broad SMARTS) is 1. The van der Waals surface area contributed by atoms with E-state index >= 15 is 0 Å². The lowest BCUT2D eigenvalue weighted by Gasteiger charge is -2.27. The van der Waals surface area contributed by atoms with Gasteiger partial charge in [-0.25, -0.2) is 0 Å². The summed E-state index contributed by atoms with van der Waals surface area (Å²) in [4.78, 5) is 24.4. The lowest BCUT2D eigenvalue weighted by molar-refractivity contribution is -0.137. The summed E-state index contributed by atoms with van der Waals surface area (Å²) in [6.07, 6.45) is 4.92. The van der Waals surface area contributed by atoms with Crippen LogP contribution in [0.5, 0.6) is 5.75 Å². The number of nitrogens with two attached hydrogens (primary N) is 1. The molecule has 0 aliphatic carbocycles. The minimum atomic E-state index is -0.989. The van der Waals surface area contributed by atoms with E-state index in [0.29, 0.717) is 25.1 Å². The number of nitrogens with zero attached hydrogens (tertiary/aromatic N) is 1. The maximum Gasteiger partial charge on any atom is 0.323 e. The zero-order chi connectivity index (χ0) is 16.7. The van der Waals surface area contributed by atoms with Gasteiger partial charge in [0.1, 0.15) is 12.3 Å². The summed E-state index contributed by atoms with van der Waals surface area (Å²) in [5.74, 6) is -0.444. The molecule has 0 atom stereocenters. The Bertz CT molecular complexity index is 560. The second kappa shape index (κ2) is 8.53. The number of carbonyl (C=O) groups is 2. The lowest BCUT2D eigenvalue weighted by Crippen LogP contribution is -2.40. The number of unbranched alkanes of at least 4 members (excludes halogenated alkanes) is 3. The quantitative estimate of drug-likeness (QED) is 0.675. The first-order valence-corrected chi connectivity index (χ1v) is 8.08. The molecule has 0 fully saturated rings. The smallest absolute Gasteiger partial charge is 0.323 e. The van der Waals surface area contributed by atoms with E-state index in [1.54, 1.807) is 12.1 Å². The lowest BCUT2D eigenvalue weighted by atomic mass is 9.98. The van der Waals surface area contributed by atoms with E-state index in [-0.39, 0.29) is 12.5 Å². The number of hydrogen-bond acceptors (Lipinski definition) is 4. The largest absolute Gasteiger partial charge is 0.494 e. The number of amides is 1. The van der Waals surface area contributed by atoms with Crippen LogP contribution in [-0.4, -0.2) is 48.1 Å². The molecule has 1 amide bonds. The highest BCUT2D eigenvalue weighted by Gasteiger charge is 2.25. The van der Waals surface area contributed by atoms with Gasteiger partial charge in [-0.1, -0.05) is 12.8 Å². The summed E-state index contributed by atoms with van der Waals surface area (Å²) in [6, 6.07) is 5.40. The van der Waals surface area contributed by atoms with E-state index in [0.717, 1.165) is 43.5 Å². The Hall–Kier alpha value is -2.08. The van der Waals surface area contributed by atoms with E-state index in [1.807, 2.05) is 6.07 Å². The molecule has 6 nitrogen and oxygen atoms in total. The van der Waals surface area contributed by atoms with Crippen LogP contribution in [0.3, 0.4) is 0 Å². The minimum Gasteiger partial charge on any atom is -0.494 e. The van der Waals surface area contributed by atoms with Gasteiger partial charge in [0, 0.05) is 12.1 Å². The maximum absolute atomic E-state index is 12.2. The average molecular weight is 320 g/mol. The van der Waals surface area contributed by atoms with Crippen molar-refractivity contribution >= 4 is 11.9 Å². The number of ether oxygens (including phenoxy) is 1. The maximum atomic E-state index is 12.2. The van der Waals surface area contributed by atoms with Crippen LogP contribution < -0.4 is 10.5 Å². The Labute approximate surface area is 136 Å². The topological polar surface area (TPSA) is 92.9 Å². The van der Waals surface area contributed by atoms with Crippen molar-refractivity contribution in [3.05, 3.63) is 29.3 Å². The number of hydrogen-bond donors (Lipinski definition) is 2. The van der Waals surface area contributed by atoms with E-state index in [2.05, 4.69) is 0 Å². The van der Waals surface area contributed by atoms with Gasteiger partial charge in [0.15, 0.2) is 0 Å². The van der Waals surface area contributed by atoms with E-state index in [4.69, 9.17) is 15.6 Å². The zero-order valence-corrected chi connectivity index (χ0v) is 13.3. The van der Waals surface area contributed by atoms with Crippen molar-refractivity contribution < 1.29 is 19.4 Å². The van der Waals surface area contributed by atoms with Crippen molar-refractivity contribution in [2.75, 3.05) is 26.2 Å². The summed E-state index contributed by atoms with van der Waals surface area (Å²) in [6.45, 7) is 1.57. The minimum absolute atomic E-state index is 0.220. The molecular weight excluding hydrogens is 296 g/mol. The van der Waals surface area contributed by atoms with Crippen molar-refractivity contribution in [2.45, 2.75) is 32.1 Å². The summed E-state index contributed by atoms with van der Waals surface area (Å²) < 4.78 is 5.73. The Morgan fingerprint density at radius 2 is 2.04 bits per heavy atom. The predicted octanol–water partition coefficient (Wildman–Crippen LogP) is 1.67. The number of fused-ring (bicyclic) bond motifs is 1. The molecule has 2 rings (SSSR count). The third-order valence-corrected chi connectivity index (χ3v) is 3.94. The number of benzene rings is 1. The summed E-state index contributed by atoms with van der Waals surface area (Å²) in [7, 11) is 0. The van der Waals surface area contributed by atoms with Gasteiger partial charge < -0.3 is 20.5 Å². The molecule has 23 heavy (non-hydrogen) atoms. The molecule has 1 heterocycles. The SMILES string of the molecule is NCCCCCCOc1ccc2c(c1)CCN(CC(=O)O)C2=O. The summed E-state index contributed by atoms with van der Waals surface area (Å²) >= 11 is 0. The van der Waals surface area contributed by atoms with Gasteiger partial charge in [-0.05, 0) is 49.6 Å². The Balaban J connectivity index is 1.88. The fourth-order valence-electron chi connectivity index (χ4n) is 2.71. The van der Waals surface area contributed by atoms with Crippen molar-refractivity contribution in [1.82, 2.24) is 4.90 Å². The van der Waals surface area contributed by atoms with Gasteiger partial charge >= 0.3 is 5.97 Å². The fraction of sp³-hybridized carbons (Fsp3) is 0.529. The van der Waals surface area contributed by atoms with Crippen LogP contribution in [0.15, 0.2) is 18.2 Å². The zero-order valence-electron chi connectivity index (χ0n) is 13.3. The second-order valence-electron chi connectivity index (χ2n) is 5.74. The van der Waals surface area contributed by atoms with Crippen molar-refractivity contribution in [3.8, 4) is 5.75 Å². The van der Waals surface area contributed by atoms with Crippen molar-refractivity contribution in [1.29, 1.82) is 0 Å². The summed E-state index contributed by atoms with van der Waals surface area (Å²) in [5.41, 5.74) is 6.96. The van der Waals surface area contributed by atoms with Gasteiger partial charge in [-0.15, -0.1) is 0 Å². The molecule has 0 unspecified atom stereocenters. The van der Waals surface area contributed by atoms with Crippen LogP contribution in [0.2, 0.25) is 0 Å². The Morgan fingerprint density at radius 1 is 1.26 bits per heavy atom. The molecular formula is C17H24N2O4. The van der Waals surface area contributed by atoms with Gasteiger partial charge in [-0.2, -0.15) is 0 Å². The molecule has 1 aliphatic rings. The molecule has 0 aromatic heterocycles. The Kier molecular flexibility index (Phi) is 6.40. The molecule has 0 spiro atoms. The highest BCUT2D eigenvalue weighted by Crippen LogP contribution is 2.24. The third-order valence-electron chi connectivity index (χ3n) is 3.94. The number of aliphatic carboxylic acids is 1. The first-order valence-electron chi connectivity index (χ1n) is 8.08. The van der Waals surface area contributed by atoms with Crippen LogP contribution in [-0.2, 0) is 11.2 Å². The van der Waals surface area contributed by atoms with E-state index in [1.165, 1.54) is 4.90 Å². The van der Waals surface area contributed by atoms with Crippen LogP contribution in [0.1, 0.15) is 41.6 Å². The molecule has 1 aliphatic heterocycles. The van der Waals surface area contributed by atoms with Crippen molar-refractivity contribution in [3.63, 3.8) is 0 Å². The van der Waals surface area contributed by atoms with Crippen LogP contribution in [0.4, 0.5) is 0 Å². The van der Waals surface area contributed by atoms with Crippen LogP contribution >= 0.6 is 0 Å². The molecule has 126 valence electrons. The van der Waals surface area contributed by atoms with E-state index in [9.17, 15) is 9.59 Å². The van der Waals surface area contributed by atoms with Gasteiger partial charge in [0.25, 0.3) is 5.91 Å². The molecule has 0 saturated carbocycles. The average Bonchev–Trinajstić information content (AvgIpc) is 2.53. The fourth-order valence-corrected chi connectivity index (χ4v) is 2.71. The number of rotatable bonds is 9. The van der Waals surface area contributed by atoms with Gasteiger partial charge in [-0.3, -0.25) is 9.59 Å². The highest BCUT2D eigenvalue weighted by atomic mass is 16.5. The van der Waals surface area contributed by atoms with Crippen LogP contribution in [0, 0.1) is 0 Å². The first kappa shape index (κ1) is 17.3. The molecule has 0 saturated heterocycles. The second-order valence-corrected chi connectivity index (χ2v) is 5.74. The predicted molar refractivity (Wildman–Crippen MR) is 86.7 cm³/mol. The monoisotopic (exact) mass is 320 g/mol. The molecule has 0 bridgehead atoms.